The van der Waals surface area contributed by atoms with Gasteiger partial charge in [0.05, 0.1) is 10.9 Å². The largest absolute Gasteiger partial charge is 0.347 e. The number of sulfone groups is 1. The van der Waals surface area contributed by atoms with Crippen LogP contribution in [0.25, 0.3) is 0 Å². The van der Waals surface area contributed by atoms with Crippen LogP contribution in [0, 0.1) is 11.7 Å². The van der Waals surface area contributed by atoms with Crippen LogP contribution in [0.5, 0.6) is 0 Å². The predicted octanol–water partition coefficient (Wildman–Crippen LogP) is 4.60. The molecule has 0 spiro atoms. The van der Waals surface area contributed by atoms with Crippen LogP contribution >= 0.6 is 0 Å². The second kappa shape index (κ2) is 9.88. The van der Waals surface area contributed by atoms with Crippen LogP contribution in [0.4, 0.5) is 13.2 Å². The van der Waals surface area contributed by atoms with Crippen molar-refractivity contribution >= 4 is 21.7 Å². The third-order valence-electron chi connectivity index (χ3n) is 7.09. The Labute approximate surface area is 208 Å². The number of carbonyl (C=O) groups excluding carboxylic acids is 2. The van der Waals surface area contributed by atoms with E-state index in [1.165, 1.54) is 41.3 Å². The van der Waals surface area contributed by atoms with Crippen LogP contribution in [0.15, 0.2) is 47.4 Å². The minimum absolute atomic E-state index is 0.00942. The van der Waals surface area contributed by atoms with Crippen molar-refractivity contribution in [2.75, 3.05) is 12.8 Å². The van der Waals surface area contributed by atoms with Crippen molar-refractivity contribution in [3.8, 4) is 0 Å². The second-order valence-corrected chi connectivity index (χ2v) is 11.8. The molecule has 1 saturated carbocycles. The molecule has 2 aromatic rings. The molecule has 2 aromatic carbocycles. The summed E-state index contributed by atoms with van der Waals surface area (Å²) in [6.45, 7) is 1.02. The van der Waals surface area contributed by atoms with E-state index in [9.17, 15) is 31.2 Å². The van der Waals surface area contributed by atoms with E-state index >= 15 is 0 Å². The molecule has 0 bridgehead atoms. The van der Waals surface area contributed by atoms with Crippen LogP contribution in [0.3, 0.4) is 0 Å². The van der Waals surface area contributed by atoms with Gasteiger partial charge in [-0.05, 0) is 55.9 Å². The van der Waals surface area contributed by atoms with Gasteiger partial charge in [-0.3, -0.25) is 9.59 Å². The second-order valence-electron chi connectivity index (χ2n) is 9.76. The molecule has 2 amide bonds. The Balaban J connectivity index is 1.56. The average Bonchev–Trinajstić information content (AvgIpc) is 3.26. The van der Waals surface area contributed by atoms with E-state index < -0.39 is 51.0 Å². The van der Waals surface area contributed by atoms with Gasteiger partial charge in [-0.15, -0.1) is 0 Å². The normalized spacial score (nSPS) is 19.6. The maximum Gasteiger partial charge on any atom is 0.270 e. The lowest BCUT2D eigenvalue weighted by Gasteiger charge is -2.36. The number of halogens is 3. The maximum atomic E-state index is 14.9. The SMILES string of the molecule is CC(F)(F)c1ccc([C@H](NC(=O)[C@H]2CCCN2C(=O)c2cccc(S(C)(=O)=O)c2)C2CCC2)c(F)c1. The topological polar surface area (TPSA) is 83.6 Å². The van der Waals surface area contributed by atoms with Crippen LogP contribution in [-0.2, 0) is 20.6 Å². The highest BCUT2D eigenvalue weighted by Gasteiger charge is 2.39. The van der Waals surface area contributed by atoms with E-state index in [1.54, 1.807) is 0 Å². The molecule has 10 heteroatoms. The predicted molar refractivity (Wildman–Crippen MR) is 128 cm³/mol. The molecule has 1 saturated heterocycles. The van der Waals surface area contributed by atoms with Crippen molar-refractivity contribution in [1.29, 1.82) is 0 Å². The van der Waals surface area contributed by atoms with Crippen LogP contribution < -0.4 is 5.32 Å². The van der Waals surface area contributed by atoms with Gasteiger partial charge in [-0.2, -0.15) is 0 Å². The molecule has 194 valence electrons. The van der Waals surface area contributed by atoms with E-state index in [1.807, 2.05) is 0 Å². The molecular formula is C26H29F3N2O4S. The van der Waals surface area contributed by atoms with Crippen molar-refractivity contribution in [1.82, 2.24) is 10.2 Å². The lowest BCUT2D eigenvalue weighted by Crippen LogP contribution is -2.48. The molecular weight excluding hydrogens is 493 g/mol. The van der Waals surface area contributed by atoms with Gasteiger partial charge in [0.15, 0.2) is 9.84 Å². The minimum atomic E-state index is -3.51. The average molecular weight is 523 g/mol. The van der Waals surface area contributed by atoms with Crippen molar-refractivity contribution in [2.45, 2.75) is 61.9 Å². The molecule has 1 N–H and O–H groups in total. The first-order chi connectivity index (χ1) is 16.9. The summed E-state index contributed by atoms with van der Waals surface area (Å²) in [5, 5.41) is 2.89. The number of hydrogen-bond donors (Lipinski definition) is 1. The van der Waals surface area contributed by atoms with E-state index in [0.717, 1.165) is 31.6 Å². The van der Waals surface area contributed by atoms with Gasteiger partial charge in [0.1, 0.15) is 11.9 Å². The summed E-state index contributed by atoms with van der Waals surface area (Å²) in [6.07, 6.45) is 4.50. The Morgan fingerprint density at radius 2 is 1.81 bits per heavy atom. The van der Waals surface area contributed by atoms with Crippen molar-refractivity contribution in [2.24, 2.45) is 5.92 Å². The zero-order chi connectivity index (χ0) is 26.3. The number of hydrogen-bond acceptors (Lipinski definition) is 4. The first-order valence-corrected chi connectivity index (χ1v) is 13.8. The standard InChI is InChI=1S/C26H29F3N2O4S/c1-26(28,29)18-11-12-20(21(27)15-18)23(16-6-3-7-16)30-24(32)22-10-5-13-31(22)25(33)17-8-4-9-19(14-17)36(2,34)35/h4,8-9,11-12,14-16,22-23H,3,5-7,10,13H2,1-2H3,(H,30,32)/t22-,23-/m1/s1. The van der Waals surface area contributed by atoms with E-state index in [2.05, 4.69) is 5.32 Å². The molecule has 1 aliphatic carbocycles. The lowest BCUT2D eigenvalue weighted by atomic mass is 9.76. The highest BCUT2D eigenvalue weighted by molar-refractivity contribution is 7.90. The number of benzene rings is 2. The number of rotatable bonds is 7. The molecule has 1 heterocycles. The molecule has 2 atom stereocenters. The monoisotopic (exact) mass is 522 g/mol. The van der Waals surface area contributed by atoms with Crippen molar-refractivity contribution < 1.29 is 31.2 Å². The fourth-order valence-corrected chi connectivity index (χ4v) is 5.50. The fraction of sp³-hybridized carbons (Fsp3) is 0.462. The van der Waals surface area contributed by atoms with Gasteiger partial charge < -0.3 is 10.2 Å². The number of carbonyl (C=O) groups is 2. The summed E-state index contributed by atoms with van der Waals surface area (Å²) in [6, 6.07) is 7.47. The Morgan fingerprint density at radius 3 is 2.39 bits per heavy atom. The summed E-state index contributed by atoms with van der Waals surface area (Å²) < 4.78 is 66.1. The molecule has 36 heavy (non-hydrogen) atoms. The number of nitrogens with one attached hydrogen (secondary N) is 1. The summed E-state index contributed by atoms with van der Waals surface area (Å²) in [5.74, 6) is -4.93. The summed E-state index contributed by atoms with van der Waals surface area (Å²) in [4.78, 5) is 28.0. The Bertz CT molecular complexity index is 1270. The highest BCUT2D eigenvalue weighted by atomic mass is 32.2. The van der Waals surface area contributed by atoms with Gasteiger partial charge in [0.25, 0.3) is 11.8 Å². The molecule has 1 aliphatic heterocycles. The third-order valence-corrected chi connectivity index (χ3v) is 8.20. The smallest absolute Gasteiger partial charge is 0.270 e. The van der Waals surface area contributed by atoms with Gasteiger partial charge in [0.2, 0.25) is 5.91 Å². The Kier molecular flexibility index (Phi) is 7.19. The molecule has 6 nitrogen and oxygen atoms in total. The number of alkyl halides is 2. The summed E-state index contributed by atoms with van der Waals surface area (Å²) >= 11 is 0. The number of amides is 2. The van der Waals surface area contributed by atoms with Crippen molar-refractivity contribution in [3.63, 3.8) is 0 Å². The van der Waals surface area contributed by atoms with Gasteiger partial charge in [-0.25, -0.2) is 21.6 Å². The summed E-state index contributed by atoms with van der Waals surface area (Å²) in [7, 11) is -3.51. The lowest BCUT2D eigenvalue weighted by molar-refractivity contribution is -0.126. The van der Waals surface area contributed by atoms with Crippen LogP contribution in [0.2, 0.25) is 0 Å². The zero-order valence-corrected chi connectivity index (χ0v) is 21.0. The number of nitrogens with zero attached hydrogens (tertiary/aromatic N) is 1. The fourth-order valence-electron chi connectivity index (χ4n) is 4.83. The number of likely N-dealkylation sites (tertiary alicyclic amines) is 1. The molecule has 2 fully saturated rings. The van der Waals surface area contributed by atoms with E-state index in [-0.39, 0.29) is 21.9 Å². The Morgan fingerprint density at radius 1 is 1.08 bits per heavy atom. The van der Waals surface area contributed by atoms with Crippen LogP contribution in [0.1, 0.15) is 66.6 Å². The third kappa shape index (κ3) is 5.43. The highest BCUT2D eigenvalue weighted by Crippen LogP contribution is 2.40. The van der Waals surface area contributed by atoms with Gasteiger partial charge in [-0.1, -0.05) is 24.6 Å². The quantitative estimate of drug-likeness (QED) is 0.576. The molecule has 0 radical (unpaired) electrons. The summed E-state index contributed by atoms with van der Waals surface area (Å²) in [5.41, 5.74) is -0.126. The van der Waals surface area contributed by atoms with E-state index in [4.69, 9.17) is 0 Å². The Hall–Kier alpha value is -2.88. The molecule has 0 aromatic heterocycles. The first-order valence-electron chi connectivity index (χ1n) is 12.0. The molecule has 4 rings (SSSR count). The first kappa shape index (κ1) is 26.2. The molecule has 0 unspecified atom stereocenters. The zero-order valence-electron chi connectivity index (χ0n) is 20.1. The maximum absolute atomic E-state index is 14.9. The van der Waals surface area contributed by atoms with Crippen LogP contribution in [-0.4, -0.2) is 44.0 Å². The van der Waals surface area contributed by atoms with Gasteiger partial charge in [0, 0.05) is 36.4 Å². The minimum Gasteiger partial charge on any atom is -0.347 e. The van der Waals surface area contributed by atoms with Gasteiger partial charge >= 0.3 is 0 Å². The van der Waals surface area contributed by atoms with Crippen molar-refractivity contribution in [3.05, 3.63) is 65.0 Å². The van der Waals surface area contributed by atoms with E-state index in [0.29, 0.717) is 26.3 Å². The molecule has 2 aliphatic rings.